The highest BCUT2D eigenvalue weighted by molar-refractivity contribution is 7.22. The Morgan fingerprint density at radius 2 is 2.00 bits per heavy atom. The van der Waals surface area contributed by atoms with Gasteiger partial charge in [-0.15, -0.1) is 0 Å². The van der Waals surface area contributed by atoms with Crippen molar-refractivity contribution in [3.63, 3.8) is 0 Å². The summed E-state index contributed by atoms with van der Waals surface area (Å²) in [4.78, 5) is 19.3. The van der Waals surface area contributed by atoms with Gasteiger partial charge in [0.2, 0.25) is 0 Å². The van der Waals surface area contributed by atoms with Crippen molar-refractivity contribution in [3.8, 4) is 5.75 Å². The largest absolute Gasteiger partial charge is 0.494 e. The predicted octanol–water partition coefficient (Wildman–Crippen LogP) is 3.78. The molecule has 1 aliphatic rings. The third kappa shape index (κ3) is 4.04. The summed E-state index contributed by atoms with van der Waals surface area (Å²) in [6, 6.07) is 13.3. The van der Waals surface area contributed by atoms with E-state index in [0.29, 0.717) is 17.3 Å². The molecule has 0 bridgehead atoms. The number of fused-ring (bicyclic) bond motifs is 1. The van der Waals surface area contributed by atoms with Crippen molar-refractivity contribution in [2.75, 3.05) is 43.1 Å². The van der Waals surface area contributed by atoms with E-state index in [4.69, 9.17) is 9.47 Å². The van der Waals surface area contributed by atoms with Crippen LogP contribution in [-0.2, 0) is 4.74 Å². The Morgan fingerprint density at radius 1 is 1.22 bits per heavy atom. The summed E-state index contributed by atoms with van der Waals surface area (Å²) in [5, 5.41) is 3.49. The van der Waals surface area contributed by atoms with Crippen molar-refractivity contribution in [2.45, 2.75) is 6.92 Å². The number of carbonyl (C=O) groups excluding carboxylic acids is 1. The second-order valence-electron chi connectivity index (χ2n) is 6.18. The van der Waals surface area contributed by atoms with Gasteiger partial charge in [-0.2, -0.15) is 0 Å². The van der Waals surface area contributed by atoms with Crippen LogP contribution in [0.3, 0.4) is 0 Å². The van der Waals surface area contributed by atoms with E-state index in [0.717, 1.165) is 42.3 Å². The monoisotopic (exact) mass is 383 g/mol. The van der Waals surface area contributed by atoms with E-state index in [2.05, 4.69) is 27.3 Å². The Kier molecular flexibility index (Phi) is 5.22. The summed E-state index contributed by atoms with van der Waals surface area (Å²) in [5.41, 5.74) is 2.63. The molecule has 1 saturated heterocycles. The molecule has 0 atom stereocenters. The summed E-state index contributed by atoms with van der Waals surface area (Å²) in [6.45, 7) is 5.83. The van der Waals surface area contributed by atoms with Gasteiger partial charge >= 0.3 is 0 Å². The second kappa shape index (κ2) is 7.94. The van der Waals surface area contributed by atoms with Crippen LogP contribution >= 0.6 is 11.3 Å². The van der Waals surface area contributed by atoms with E-state index in [1.807, 2.05) is 13.0 Å². The first-order valence-electron chi connectivity index (χ1n) is 9.00. The van der Waals surface area contributed by atoms with Gasteiger partial charge in [-0.05, 0) is 49.4 Å². The summed E-state index contributed by atoms with van der Waals surface area (Å²) < 4.78 is 11.9. The van der Waals surface area contributed by atoms with Crippen molar-refractivity contribution in [1.29, 1.82) is 0 Å². The number of amides is 1. The first kappa shape index (κ1) is 17.8. The van der Waals surface area contributed by atoms with E-state index >= 15 is 0 Å². The molecule has 1 N–H and O–H groups in total. The molecule has 1 aliphatic heterocycles. The van der Waals surface area contributed by atoms with Crippen LogP contribution in [0.2, 0.25) is 0 Å². The van der Waals surface area contributed by atoms with Crippen molar-refractivity contribution in [3.05, 3.63) is 48.0 Å². The lowest BCUT2D eigenvalue weighted by atomic mass is 10.2. The molecule has 4 rings (SSSR count). The number of rotatable bonds is 5. The SMILES string of the molecule is CCOc1ccc(C(=O)Nc2nc3ccc(N4CCOCC4)cc3s2)cc1. The summed E-state index contributed by atoms with van der Waals surface area (Å²) >= 11 is 1.48. The number of thiazole rings is 1. The number of hydrogen-bond donors (Lipinski definition) is 1. The van der Waals surface area contributed by atoms with Gasteiger partial charge in [0.1, 0.15) is 5.75 Å². The van der Waals surface area contributed by atoms with Gasteiger partial charge in [0.05, 0.1) is 30.0 Å². The standard InChI is InChI=1S/C20H21N3O3S/c1-2-26-16-6-3-14(4-7-16)19(24)22-20-21-17-8-5-15(13-18(17)27-20)23-9-11-25-12-10-23/h3-8,13H,2,9-12H2,1H3,(H,21,22,24). The highest BCUT2D eigenvalue weighted by Gasteiger charge is 2.14. The molecule has 3 aromatic rings. The minimum atomic E-state index is -0.175. The van der Waals surface area contributed by atoms with Gasteiger partial charge in [0.15, 0.2) is 5.13 Å². The van der Waals surface area contributed by atoms with Gasteiger partial charge in [-0.25, -0.2) is 4.98 Å². The maximum absolute atomic E-state index is 12.5. The molecule has 2 heterocycles. The van der Waals surface area contributed by atoms with Gasteiger partial charge in [-0.3, -0.25) is 10.1 Å². The molecule has 1 aromatic heterocycles. The van der Waals surface area contributed by atoms with Crippen LogP contribution in [0.4, 0.5) is 10.8 Å². The summed E-state index contributed by atoms with van der Waals surface area (Å²) in [7, 11) is 0. The van der Waals surface area contributed by atoms with Gasteiger partial charge < -0.3 is 14.4 Å². The average molecular weight is 383 g/mol. The Labute approximate surface area is 161 Å². The van der Waals surface area contributed by atoms with Gasteiger partial charge in [-0.1, -0.05) is 11.3 Å². The van der Waals surface area contributed by atoms with E-state index in [1.165, 1.54) is 17.0 Å². The van der Waals surface area contributed by atoms with Gasteiger partial charge in [0.25, 0.3) is 5.91 Å². The van der Waals surface area contributed by atoms with Gasteiger partial charge in [0, 0.05) is 24.3 Å². The topological polar surface area (TPSA) is 63.7 Å². The zero-order chi connectivity index (χ0) is 18.6. The molecule has 140 valence electrons. The second-order valence-corrected chi connectivity index (χ2v) is 7.21. The molecule has 0 aliphatic carbocycles. The molecule has 27 heavy (non-hydrogen) atoms. The van der Waals surface area contributed by atoms with E-state index in [9.17, 15) is 4.79 Å². The van der Waals surface area contributed by atoms with Crippen molar-refractivity contribution < 1.29 is 14.3 Å². The zero-order valence-corrected chi connectivity index (χ0v) is 15.9. The molecule has 7 heteroatoms. The number of morpholine rings is 1. The summed E-state index contributed by atoms with van der Waals surface area (Å²) in [5.74, 6) is 0.579. The zero-order valence-electron chi connectivity index (χ0n) is 15.1. The molecule has 1 fully saturated rings. The lowest BCUT2D eigenvalue weighted by Gasteiger charge is -2.28. The van der Waals surface area contributed by atoms with Crippen molar-refractivity contribution in [2.24, 2.45) is 0 Å². The number of aromatic nitrogens is 1. The van der Waals surface area contributed by atoms with Crippen LogP contribution in [0.25, 0.3) is 10.2 Å². The number of carbonyl (C=O) groups is 1. The third-order valence-electron chi connectivity index (χ3n) is 4.40. The van der Waals surface area contributed by atoms with Crippen molar-refractivity contribution in [1.82, 2.24) is 4.98 Å². The maximum Gasteiger partial charge on any atom is 0.257 e. The van der Waals surface area contributed by atoms with Crippen molar-refractivity contribution >= 4 is 38.3 Å². The molecule has 0 spiro atoms. The first-order valence-corrected chi connectivity index (χ1v) is 9.82. The first-order chi connectivity index (χ1) is 13.2. The Balaban J connectivity index is 1.49. The molecular formula is C20H21N3O3S. The molecule has 0 saturated carbocycles. The minimum absolute atomic E-state index is 0.175. The smallest absolute Gasteiger partial charge is 0.257 e. The van der Waals surface area contributed by atoms with Crippen LogP contribution in [0.5, 0.6) is 5.75 Å². The van der Waals surface area contributed by atoms with Crippen LogP contribution in [0.1, 0.15) is 17.3 Å². The summed E-state index contributed by atoms with van der Waals surface area (Å²) in [6.07, 6.45) is 0. The van der Waals surface area contributed by atoms with Crippen LogP contribution in [0.15, 0.2) is 42.5 Å². The fraction of sp³-hybridized carbons (Fsp3) is 0.300. The van der Waals surface area contributed by atoms with Crippen LogP contribution < -0.4 is 15.0 Å². The lowest BCUT2D eigenvalue weighted by molar-refractivity contribution is 0.102. The third-order valence-corrected chi connectivity index (χ3v) is 5.33. The predicted molar refractivity (Wildman–Crippen MR) is 108 cm³/mol. The molecular weight excluding hydrogens is 362 g/mol. The Hall–Kier alpha value is -2.64. The Bertz CT molecular complexity index is 933. The van der Waals surface area contributed by atoms with E-state index < -0.39 is 0 Å². The minimum Gasteiger partial charge on any atom is -0.494 e. The van der Waals surface area contributed by atoms with E-state index in [1.54, 1.807) is 24.3 Å². The molecule has 6 nitrogen and oxygen atoms in total. The maximum atomic E-state index is 12.5. The quantitative estimate of drug-likeness (QED) is 0.726. The number of hydrogen-bond acceptors (Lipinski definition) is 6. The number of anilines is 2. The highest BCUT2D eigenvalue weighted by atomic mass is 32.1. The normalized spacial score (nSPS) is 14.3. The van der Waals surface area contributed by atoms with Crippen LogP contribution in [0, 0.1) is 0 Å². The fourth-order valence-electron chi connectivity index (χ4n) is 3.02. The fourth-order valence-corrected chi connectivity index (χ4v) is 3.92. The molecule has 0 unspecified atom stereocenters. The molecule has 0 radical (unpaired) electrons. The Morgan fingerprint density at radius 3 is 2.74 bits per heavy atom. The number of ether oxygens (including phenoxy) is 2. The average Bonchev–Trinajstić information content (AvgIpc) is 3.11. The molecule has 1 amide bonds. The molecule has 2 aromatic carbocycles. The lowest BCUT2D eigenvalue weighted by Crippen LogP contribution is -2.36. The number of nitrogens with one attached hydrogen (secondary N) is 1. The van der Waals surface area contributed by atoms with Crippen LogP contribution in [-0.4, -0.2) is 43.8 Å². The highest BCUT2D eigenvalue weighted by Crippen LogP contribution is 2.30. The number of nitrogens with zero attached hydrogens (tertiary/aromatic N) is 2. The number of benzene rings is 2. The van der Waals surface area contributed by atoms with E-state index in [-0.39, 0.29) is 5.91 Å².